The van der Waals surface area contributed by atoms with Gasteiger partial charge in [0, 0.05) is 12.8 Å². The molecule has 0 unspecified atom stereocenters. The predicted octanol–water partition coefficient (Wildman–Crippen LogP) is 4.00. The number of nitrogens with one attached hydrogen (secondary N) is 1. The van der Waals surface area contributed by atoms with Crippen LogP contribution in [0.25, 0.3) is 11.3 Å². The van der Waals surface area contributed by atoms with E-state index in [9.17, 15) is 14.0 Å². The summed E-state index contributed by atoms with van der Waals surface area (Å²) < 4.78 is 19.5. The van der Waals surface area contributed by atoms with Crippen molar-refractivity contribution in [2.24, 2.45) is 0 Å². The molecule has 1 aliphatic rings. The number of para-hydroxylation sites is 2. The Morgan fingerprint density at radius 2 is 1.85 bits per heavy atom. The van der Waals surface area contributed by atoms with Crippen LogP contribution in [0.2, 0.25) is 0 Å². The molecule has 0 bridgehead atoms. The molecule has 6 heteroatoms. The van der Waals surface area contributed by atoms with E-state index < -0.39 is 0 Å². The van der Waals surface area contributed by atoms with Crippen LogP contribution in [0.5, 0.6) is 0 Å². The summed E-state index contributed by atoms with van der Waals surface area (Å²) in [5, 5.41) is 2.76. The minimum atomic E-state index is -0.356. The first-order chi connectivity index (χ1) is 13.1. The van der Waals surface area contributed by atoms with Crippen molar-refractivity contribution in [3.8, 4) is 11.3 Å². The number of halogens is 1. The highest BCUT2D eigenvalue weighted by Gasteiger charge is 2.26. The zero-order valence-electron chi connectivity index (χ0n) is 14.4. The molecule has 27 heavy (non-hydrogen) atoms. The maximum atomic E-state index is 13.9. The molecule has 0 saturated heterocycles. The molecule has 0 spiro atoms. The van der Waals surface area contributed by atoms with Crippen LogP contribution in [0.4, 0.5) is 15.8 Å². The Bertz CT molecular complexity index is 1010. The highest BCUT2D eigenvalue weighted by Crippen LogP contribution is 2.30. The van der Waals surface area contributed by atoms with Crippen molar-refractivity contribution >= 4 is 23.2 Å². The smallest absolute Gasteiger partial charge is 0.244 e. The molecule has 5 nitrogen and oxygen atoms in total. The van der Waals surface area contributed by atoms with Crippen LogP contribution in [0.1, 0.15) is 12.2 Å². The normalized spacial score (nSPS) is 13.2. The minimum Gasteiger partial charge on any atom is -0.461 e. The van der Waals surface area contributed by atoms with E-state index in [-0.39, 0.29) is 30.6 Å². The van der Waals surface area contributed by atoms with Crippen LogP contribution in [-0.4, -0.2) is 18.4 Å². The number of anilines is 2. The lowest BCUT2D eigenvalue weighted by atomic mass is 10.1. The molecule has 2 heterocycles. The Hall–Kier alpha value is -3.41. The fraction of sp³-hybridized carbons (Fsp3) is 0.143. The fourth-order valence-electron chi connectivity index (χ4n) is 3.14. The number of aryl methyl sites for hydroxylation is 1. The molecule has 3 aromatic rings. The Labute approximate surface area is 155 Å². The first kappa shape index (κ1) is 17.0. The third kappa shape index (κ3) is 3.46. The topological polar surface area (TPSA) is 62.6 Å². The average molecular weight is 364 g/mol. The van der Waals surface area contributed by atoms with Crippen LogP contribution in [0, 0.1) is 5.82 Å². The molecule has 1 aromatic heterocycles. The number of hydrogen-bond acceptors (Lipinski definition) is 3. The number of benzene rings is 2. The lowest BCUT2D eigenvalue weighted by molar-refractivity contribution is -0.121. The standard InChI is InChI=1S/C21H17FN2O3/c22-16-6-2-1-5-15(16)19-11-9-14(27-19)10-12-21(26)24-13-20(25)23-17-7-3-4-8-18(17)24/h1-9,11H,10,12-13H2,(H,23,25). The van der Waals surface area contributed by atoms with E-state index >= 15 is 0 Å². The summed E-state index contributed by atoms with van der Waals surface area (Å²) in [6, 6.07) is 17.0. The van der Waals surface area contributed by atoms with Crippen molar-refractivity contribution in [3.63, 3.8) is 0 Å². The monoisotopic (exact) mass is 364 g/mol. The molecule has 4 rings (SSSR count). The summed E-state index contributed by atoms with van der Waals surface area (Å²) in [6.45, 7) is -0.00548. The fourth-order valence-corrected chi connectivity index (χ4v) is 3.14. The van der Waals surface area contributed by atoms with Gasteiger partial charge in [-0.15, -0.1) is 0 Å². The van der Waals surface area contributed by atoms with Crippen molar-refractivity contribution in [1.29, 1.82) is 0 Å². The summed E-state index contributed by atoms with van der Waals surface area (Å²) in [7, 11) is 0. The van der Waals surface area contributed by atoms with Gasteiger partial charge in [0.25, 0.3) is 0 Å². The SMILES string of the molecule is O=C1CN(C(=O)CCc2ccc(-c3ccccc3F)o2)c2ccccc2N1. The van der Waals surface area contributed by atoms with Gasteiger partial charge < -0.3 is 14.6 Å². The molecule has 1 N–H and O–H groups in total. The van der Waals surface area contributed by atoms with Gasteiger partial charge in [0.15, 0.2) is 0 Å². The zero-order chi connectivity index (χ0) is 18.8. The number of carbonyl (C=O) groups is 2. The van der Waals surface area contributed by atoms with Gasteiger partial charge in [0.05, 0.1) is 16.9 Å². The molecule has 0 fully saturated rings. The second-order valence-corrected chi connectivity index (χ2v) is 6.29. The molecule has 0 atom stereocenters. The highest BCUT2D eigenvalue weighted by molar-refractivity contribution is 6.09. The van der Waals surface area contributed by atoms with Crippen LogP contribution < -0.4 is 10.2 Å². The number of nitrogens with zero attached hydrogens (tertiary/aromatic N) is 1. The second kappa shape index (κ2) is 7.07. The number of hydrogen-bond donors (Lipinski definition) is 1. The molecule has 1 aliphatic heterocycles. The molecular formula is C21H17FN2O3. The predicted molar refractivity (Wildman–Crippen MR) is 99.8 cm³/mol. The van der Waals surface area contributed by atoms with Crippen molar-refractivity contribution in [1.82, 2.24) is 0 Å². The maximum Gasteiger partial charge on any atom is 0.244 e. The zero-order valence-corrected chi connectivity index (χ0v) is 14.4. The summed E-state index contributed by atoms with van der Waals surface area (Å²) in [5.41, 5.74) is 1.70. The van der Waals surface area contributed by atoms with Gasteiger partial charge in [-0.1, -0.05) is 24.3 Å². The van der Waals surface area contributed by atoms with Crippen molar-refractivity contribution < 1.29 is 18.4 Å². The third-order valence-electron chi connectivity index (χ3n) is 4.46. The number of amides is 2. The Morgan fingerprint density at radius 3 is 2.70 bits per heavy atom. The van der Waals surface area contributed by atoms with Gasteiger partial charge in [0.2, 0.25) is 11.8 Å². The van der Waals surface area contributed by atoms with Crippen molar-refractivity contribution in [3.05, 3.63) is 72.2 Å². The van der Waals surface area contributed by atoms with E-state index in [0.717, 1.165) is 0 Å². The van der Waals surface area contributed by atoms with Gasteiger partial charge in [-0.05, 0) is 36.4 Å². The largest absolute Gasteiger partial charge is 0.461 e. The summed E-state index contributed by atoms with van der Waals surface area (Å²) in [4.78, 5) is 26.0. The first-order valence-corrected chi connectivity index (χ1v) is 8.64. The van der Waals surface area contributed by atoms with E-state index in [1.54, 1.807) is 48.5 Å². The molecule has 0 aliphatic carbocycles. The van der Waals surface area contributed by atoms with Crippen LogP contribution in [0.3, 0.4) is 0 Å². The van der Waals surface area contributed by atoms with Gasteiger partial charge >= 0.3 is 0 Å². The van der Waals surface area contributed by atoms with E-state index in [0.29, 0.717) is 34.9 Å². The number of carbonyl (C=O) groups excluding carboxylic acids is 2. The Balaban J connectivity index is 1.46. The third-order valence-corrected chi connectivity index (χ3v) is 4.46. The quantitative estimate of drug-likeness (QED) is 0.761. The van der Waals surface area contributed by atoms with Gasteiger partial charge in [-0.25, -0.2) is 4.39 Å². The molecular weight excluding hydrogens is 347 g/mol. The molecule has 2 aromatic carbocycles. The van der Waals surface area contributed by atoms with Gasteiger partial charge in [-0.3, -0.25) is 9.59 Å². The van der Waals surface area contributed by atoms with Crippen LogP contribution in [-0.2, 0) is 16.0 Å². The molecule has 136 valence electrons. The summed E-state index contributed by atoms with van der Waals surface area (Å²) in [5.74, 6) is 0.281. The molecule has 0 radical (unpaired) electrons. The van der Waals surface area contributed by atoms with E-state index in [2.05, 4.69) is 5.32 Å². The van der Waals surface area contributed by atoms with Gasteiger partial charge in [0.1, 0.15) is 23.9 Å². The number of fused-ring (bicyclic) bond motifs is 1. The number of rotatable bonds is 4. The van der Waals surface area contributed by atoms with Crippen molar-refractivity contribution in [2.45, 2.75) is 12.8 Å². The van der Waals surface area contributed by atoms with E-state index in [1.807, 2.05) is 6.07 Å². The second-order valence-electron chi connectivity index (χ2n) is 6.29. The Kier molecular flexibility index (Phi) is 4.46. The minimum absolute atomic E-state index is 0.00548. The first-order valence-electron chi connectivity index (χ1n) is 8.64. The van der Waals surface area contributed by atoms with Crippen molar-refractivity contribution in [2.75, 3.05) is 16.8 Å². The molecule has 2 amide bonds. The Morgan fingerprint density at radius 1 is 1.07 bits per heavy atom. The van der Waals surface area contributed by atoms with Crippen LogP contribution >= 0.6 is 0 Å². The maximum absolute atomic E-state index is 13.9. The lowest BCUT2D eigenvalue weighted by Crippen LogP contribution is -2.42. The average Bonchev–Trinajstić information content (AvgIpc) is 3.14. The lowest BCUT2D eigenvalue weighted by Gasteiger charge is -2.29. The summed E-state index contributed by atoms with van der Waals surface area (Å²) >= 11 is 0. The highest BCUT2D eigenvalue weighted by atomic mass is 19.1. The molecule has 0 saturated carbocycles. The van der Waals surface area contributed by atoms with E-state index in [1.165, 1.54) is 11.0 Å². The van der Waals surface area contributed by atoms with E-state index in [4.69, 9.17) is 4.42 Å². The van der Waals surface area contributed by atoms with Gasteiger partial charge in [-0.2, -0.15) is 0 Å². The number of furan rings is 1. The van der Waals surface area contributed by atoms with Crippen LogP contribution in [0.15, 0.2) is 65.1 Å². The summed E-state index contributed by atoms with van der Waals surface area (Å²) in [6.07, 6.45) is 0.555.